The van der Waals surface area contributed by atoms with Gasteiger partial charge in [0.2, 0.25) is 5.78 Å². The van der Waals surface area contributed by atoms with Gasteiger partial charge >= 0.3 is 0 Å². The summed E-state index contributed by atoms with van der Waals surface area (Å²) in [6.07, 6.45) is 0. The molecule has 1 saturated heterocycles. The summed E-state index contributed by atoms with van der Waals surface area (Å²) in [5.74, 6) is 0.327. The molecule has 0 atom stereocenters. The fourth-order valence-corrected chi connectivity index (χ4v) is 4.00. The van der Waals surface area contributed by atoms with Crippen LogP contribution in [0.4, 0.5) is 0 Å². The van der Waals surface area contributed by atoms with E-state index < -0.39 is 0 Å². The zero-order valence-electron chi connectivity index (χ0n) is 16.7. The van der Waals surface area contributed by atoms with Gasteiger partial charge in [0.1, 0.15) is 0 Å². The Morgan fingerprint density at radius 2 is 1.36 bits per heavy atom. The van der Waals surface area contributed by atoms with Gasteiger partial charge in [-0.3, -0.25) is 9.59 Å². The number of carbonyl (C=O) groups excluding carboxylic acids is 2. The van der Waals surface area contributed by atoms with Crippen LogP contribution in [0.25, 0.3) is 5.57 Å². The number of rotatable bonds is 3. The number of Topliss-reactive ketones (excluding diaryl/α,β-unsaturated/α-hetero) is 2. The second-order valence-corrected chi connectivity index (χ2v) is 7.99. The van der Waals surface area contributed by atoms with Crippen molar-refractivity contribution in [2.24, 2.45) is 0 Å². The van der Waals surface area contributed by atoms with E-state index in [0.29, 0.717) is 28.3 Å². The maximum Gasteiger partial charge on any atom is 0.210 e. The number of benzene rings is 2. The first-order chi connectivity index (χ1) is 13.5. The molecular weight excluding hydrogens is 348 g/mol. The predicted molar refractivity (Wildman–Crippen MR) is 112 cm³/mol. The highest BCUT2D eigenvalue weighted by molar-refractivity contribution is 6.40. The minimum Gasteiger partial charge on any atom is -0.365 e. The Kier molecular flexibility index (Phi) is 4.90. The van der Waals surface area contributed by atoms with Crippen LogP contribution in [-0.4, -0.2) is 54.6 Å². The Morgan fingerprint density at radius 3 is 1.93 bits per heavy atom. The van der Waals surface area contributed by atoms with Gasteiger partial charge in [0.15, 0.2) is 5.78 Å². The Labute approximate surface area is 166 Å². The van der Waals surface area contributed by atoms with Gasteiger partial charge in [-0.1, -0.05) is 62.4 Å². The van der Waals surface area contributed by atoms with Crippen molar-refractivity contribution in [3.63, 3.8) is 0 Å². The minimum absolute atomic E-state index is 0.0392. The van der Waals surface area contributed by atoms with Crippen LogP contribution in [0.2, 0.25) is 0 Å². The number of fused-ring (bicyclic) bond motifs is 1. The summed E-state index contributed by atoms with van der Waals surface area (Å²) in [5, 5.41) is 0. The van der Waals surface area contributed by atoms with Gasteiger partial charge in [-0.15, -0.1) is 0 Å². The average Bonchev–Trinajstić information content (AvgIpc) is 2.71. The summed E-state index contributed by atoms with van der Waals surface area (Å²) in [4.78, 5) is 31.2. The van der Waals surface area contributed by atoms with Crippen molar-refractivity contribution in [3.05, 3.63) is 76.5 Å². The van der Waals surface area contributed by atoms with Crippen molar-refractivity contribution in [3.8, 4) is 0 Å². The number of hydrogen-bond acceptors (Lipinski definition) is 4. The van der Waals surface area contributed by atoms with Crippen LogP contribution in [0.1, 0.15) is 51.6 Å². The molecule has 0 radical (unpaired) electrons. The Balaban J connectivity index is 1.86. The van der Waals surface area contributed by atoms with E-state index in [2.05, 4.69) is 42.8 Å². The first kappa shape index (κ1) is 18.6. The SMILES string of the molecule is CC(C)c1ccc(C2=C(N3CCN(C)CC3)C(=O)c3ccccc3C2=O)cc1. The lowest BCUT2D eigenvalue weighted by Gasteiger charge is -2.37. The van der Waals surface area contributed by atoms with Gasteiger partial charge in [-0.25, -0.2) is 0 Å². The molecule has 2 aromatic rings. The van der Waals surface area contributed by atoms with E-state index in [1.165, 1.54) is 5.56 Å². The number of nitrogens with zero attached hydrogens (tertiary/aromatic N) is 2. The van der Waals surface area contributed by atoms with Gasteiger partial charge in [0, 0.05) is 37.3 Å². The minimum atomic E-state index is -0.0542. The second-order valence-electron chi connectivity index (χ2n) is 7.99. The van der Waals surface area contributed by atoms with Crippen molar-refractivity contribution >= 4 is 17.1 Å². The molecule has 0 aromatic heterocycles. The topological polar surface area (TPSA) is 40.6 Å². The quantitative estimate of drug-likeness (QED) is 0.818. The van der Waals surface area contributed by atoms with Gasteiger partial charge in [-0.2, -0.15) is 0 Å². The zero-order chi connectivity index (χ0) is 19.8. The van der Waals surface area contributed by atoms with Gasteiger partial charge in [-0.05, 0) is 24.1 Å². The summed E-state index contributed by atoms with van der Waals surface area (Å²) in [7, 11) is 2.08. The number of piperazine rings is 1. The lowest BCUT2D eigenvalue weighted by Crippen LogP contribution is -2.46. The number of likely N-dealkylation sites (N-methyl/N-ethyl adjacent to an activating group) is 1. The van der Waals surface area contributed by atoms with Crippen molar-refractivity contribution < 1.29 is 9.59 Å². The molecule has 28 heavy (non-hydrogen) atoms. The molecular formula is C24H26N2O2. The summed E-state index contributed by atoms with van der Waals surface area (Å²) in [6.45, 7) is 7.56. The van der Waals surface area contributed by atoms with Crippen LogP contribution in [0.5, 0.6) is 0 Å². The maximum atomic E-state index is 13.5. The number of allylic oxidation sites excluding steroid dienone is 2. The van der Waals surface area contributed by atoms with E-state index in [1.807, 2.05) is 24.3 Å². The van der Waals surface area contributed by atoms with Crippen LogP contribution in [0.3, 0.4) is 0 Å². The standard InChI is InChI=1S/C24H26N2O2/c1-16(2)17-8-10-18(11-9-17)21-22(26-14-12-25(3)13-15-26)24(28)20-7-5-4-6-19(20)23(21)27/h4-11,16H,12-15H2,1-3H3. The van der Waals surface area contributed by atoms with Crippen LogP contribution in [0.15, 0.2) is 54.2 Å². The molecule has 2 aromatic carbocycles. The van der Waals surface area contributed by atoms with Crippen molar-refractivity contribution in [1.29, 1.82) is 0 Å². The van der Waals surface area contributed by atoms with E-state index in [9.17, 15) is 9.59 Å². The van der Waals surface area contributed by atoms with Crippen LogP contribution < -0.4 is 0 Å². The van der Waals surface area contributed by atoms with Crippen LogP contribution in [-0.2, 0) is 0 Å². The summed E-state index contributed by atoms with van der Waals surface area (Å²) >= 11 is 0. The molecule has 0 saturated carbocycles. The summed E-state index contributed by atoms with van der Waals surface area (Å²) < 4.78 is 0. The molecule has 0 bridgehead atoms. The van der Waals surface area contributed by atoms with E-state index in [0.717, 1.165) is 31.7 Å². The number of carbonyl (C=O) groups is 2. The molecule has 144 valence electrons. The van der Waals surface area contributed by atoms with Crippen LogP contribution >= 0.6 is 0 Å². The molecule has 1 fully saturated rings. The van der Waals surface area contributed by atoms with E-state index in [-0.39, 0.29) is 11.6 Å². The third kappa shape index (κ3) is 3.18. The normalized spacial score (nSPS) is 18.1. The molecule has 0 amide bonds. The third-order valence-electron chi connectivity index (χ3n) is 5.78. The van der Waals surface area contributed by atoms with Crippen LogP contribution in [0, 0.1) is 0 Å². The fourth-order valence-electron chi connectivity index (χ4n) is 4.00. The smallest absolute Gasteiger partial charge is 0.210 e. The molecule has 0 N–H and O–H groups in total. The summed E-state index contributed by atoms with van der Waals surface area (Å²) in [6, 6.07) is 15.3. The Morgan fingerprint density at radius 1 is 0.786 bits per heavy atom. The molecule has 0 unspecified atom stereocenters. The second kappa shape index (κ2) is 7.36. The summed E-state index contributed by atoms with van der Waals surface area (Å²) in [5.41, 5.74) is 4.18. The largest absolute Gasteiger partial charge is 0.365 e. The fraction of sp³-hybridized carbons (Fsp3) is 0.333. The third-order valence-corrected chi connectivity index (χ3v) is 5.78. The lowest BCUT2D eigenvalue weighted by atomic mass is 9.83. The molecule has 0 spiro atoms. The molecule has 4 heteroatoms. The molecule has 4 nitrogen and oxygen atoms in total. The molecule has 1 heterocycles. The average molecular weight is 374 g/mol. The van der Waals surface area contributed by atoms with E-state index in [4.69, 9.17) is 0 Å². The molecule has 4 rings (SSSR count). The molecule has 1 aliphatic heterocycles. The Hall–Kier alpha value is -2.72. The van der Waals surface area contributed by atoms with Crippen molar-refractivity contribution in [2.45, 2.75) is 19.8 Å². The van der Waals surface area contributed by atoms with E-state index >= 15 is 0 Å². The van der Waals surface area contributed by atoms with Crippen molar-refractivity contribution in [2.75, 3.05) is 33.2 Å². The molecule has 1 aliphatic carbocycles. The highest BCUT2D eigenvalue weighted by Crippen LogP contribution is 2.35. The maximum absolute atomic E-state index is 13.5. The van der Waals surface area contributed by atoms with Gasteiger partial charge in [0.25, 0.3) is 0 Å². The first-order valence-corrected chi connectivity index (χ1v) is 9.94. The van der Waals surface area contributed by atoms with Crippen molar-refractivity contribution in [1.82, 2.24) is 9.80 Å². The van der Waals surface area contributed by atoms with Gasteiger partial charge < -0.3 is 9.80 Å². The first-order valence-electron chi connectivity index (χ1n) is 9.94. The lowest BCUT2D eigenvalue weighted by molar-refractivity contribution is 0.0934. The monoisotopic (exact) mass is 374 g/mol. The Bertz CT molecular complexity index is 949. The highest BCUT2D eigenvalue weighted by Gasteiger charge is 2.36. The van der Waals surface area contributed by atoms with E-state index in [1.54, 1.807) is 12.1 Å². The zero-order valence-corrected chi connectivity index (χ0v) is 16.7. The van der Waals surface area contributed by atoms with Gasteiger partial charge in [0.05, 0.1) is 11.3 Å². The number of hydrogen-bond donors (Lipinski definition) is 0. The predicted octanol–water partition coefficient (Wildman–Crippen LogP) is 3.85. The number of ketones is 2. The molecule has 2 aliphatic rings. The highest BCUT2D eigenvalue weighted by atomic mass is 16.1.